The Hall–Kier alpha value is -2.23. The second-order valence-electron chi connectivity index (χ2n) is 7.14. The van der Waals surface area contributed by atoms with E-state index in [0.717, 1.165) is 39.8 Å². The monoisotopic (exact) mass is 348 g/mol. The highest BCUT2D eigenvalue weighted by atomic mass is 16.3. The lowest BCUT2D eigenvalue weighted by atomic mass is 10.00. The summed E-state index contributed by atoms with van der Waals surface area (Å²) in [6, 6.07) is 18.9. The SMILES string of the molecule is CCN(CC(O)c1cccc2cc(C)c(-c3ccccc3)nc12)C(C)C. The summed E-state index contributed by atoms with van der Waals surface area (Å²) in [5, 5.41) is 12.0. The van der Waals surface area contributed by atoms with Gasteiger partial charge < -0.3 is 5.11 Å². The smallest absolute Gasteiger partial charge is 0.0938 e. The van der Waals surface area contributed by atoms with Gasteiger partial charge in [0.05, 0.1) is 17.3 Å². The Morgan fingerprint density at radius 3 is 2.42 bits per heavy atom. The average Bonchev–Trinajstić information content (AvgIpc) is 2.65. The molecule has 0 radical (unpaired) electrons. The molecule has 3 heteroatoms. The van der Waals surface area contributed by atoms with Gasteiger partial charge in [0.2, 0.25) is 0 Å². The van der Waals surface area contributed by atoms with Gasteiger partial charge in [-0.3, -0.25) is 4.90 Å². The zero-order valence-electron chi connectivity index (χ0n) is 16.1. The largest absolute Gasteiger partial charge is 0.387 e. The van der Waals surface area contributed by atoms with Crippen LogP contribution in [0.25, 0.3) is 22.2 Å². The van der Waals surface area contributed by atoms with Crippen molar-refractivity contribution in [3.8, 4) is 11.3 Å². The molecule has 0 bridgehead atoms. The summed E-state index contributed by atoms with van der Waals surface area (Å²) >= 11 is 0. The summed E-state index contributed by atoms with van der Waals surface area (Å²) in [5.74, 6) is 0. The number of aliphatic hydroxyl groups excluding tert-OH is 1. The molecule has 3 nitrogen and oxygen atoms in total. The van der Waals surface area contributed by atoms with Gasteiger partial charge in [0.15, 0.2) is 0 Å². The number of aryl methyl sites for hydroxylation is 1. The number of likely N-dealkylation sites (N-methyl/N-ethyl adjacent to an activating group) is 1. The third-order valence-corrected chi connectivity index (χ3v) is 5.02. The summed E-state index contributed by atoms with van der Waals surface area (Å²) < 4.78 is 0. The molecule has 0 spiro atoms. The van der Waals surface area contributed by atoms with E-state index in [1.807, 2.05) is 30.3 Å². The van der Waals surface area contributed by atoms with Crippen LogP contribution in [-0.2, 0) is 0 Å². The minimum atomic E-state index is -0.556. The molecular weight excluding hydrogens is 320 g/mol. The first kappa shape index (κ1) is 18.6. The molecule has 26 heavy (non-hydrogen) atoms. The topological polar surface area (TPSA) is 36.4 Å². The first-order chi connectivity index (χ1) is 12.5. The normalized spacial score (nSPS) is 12.9. The molecule has 3 aromatic rings. The lowest BCUT2D eigenvalue weighted by Gasteiger charge is -2.27. The van der Waals surface area contributed by atoms with E-state index in [1.54, 1.807) is 0 Å². The molecule has 136 valence electrons. The van der Waals surface area contributed by atoms with Crippen LogP contribution in [0.4, 0.5) is 0 Å². The fraction of sp³-hybridized carbons (Fsp3) is 0.348. The Balaban J connectivity index is 2.06. The van der Waals surface area contributed by atoms with Gasteiger partial charge in [0.1, 0.15) is 0 Å². The fourth-order valence-corrected chi connectivity index (χ4v) is 3.51. The minimum absolute atomic E-state index is 0.403. The van der Waals surface area contributed by atoms with Gasteiger partial charge in [-0.05, 0) is 38.9 Å². The number of hydrogen-bond acceptors (Lipinski definition) is 3. The van der Waals surface area contributed by atoms with E-state index in [-0.39, 0.29) is 0 Å². The van der Waals surface area contributed by atoms with Gasteiger partial charge in [-0.1, -0.05) is 55.5 Å². The van der Waals surface area contributed by atoms with Crippen LogP contribution in [0.2, 0.25) is 0 Å². The van der Waals surface area contributed by atoms with Crippen molar-refractivity contribution in [1.29, 1.82) is 0 Å². The Morgan fingerprint density at radius 2 is 1.77 bits per heavy atom. The summed E-state index contributed by atoms with van der Waals surface area (Å²) in [7, 11) is 0. The molecular formula is C23H28N2O. The van der Waals surface area contributed by atoms with Crippen molar-refractivity contribution in [2.75, 3.05) is 13.1 Å². The van der Waals surface area contributed by atoms with Crippen LogP contribution in [0.15, 0.2) is 54.6 Å². The molecule has 3 rings (SSSR count). The van der Waals surface area contributed by atoms with Crippen LogP contribution in [0.1, 0.15) is 38.0 Å². The van der Waals surface area contributed by atoms with Crippen molar-refractivity contribution in [3.05, 3.63) is 65.7 Å². The lowest BCUT2D eigenvalue weighted by molar-refractivity contribution is 0.100. The number of hydrogen-bond donors (Lipinski definition) is 1. The Labute approximate surface area is 156 Å². The van der Waals surface area contributed by atoms with Gasteiger partial charge in [-0.2, -0.15) is 0 Å². The van der Waals surface area contributed by atoms with Crippen molar-refractivity contribution in [3.63, 3.8) is 0 Å². The molecule has 0 saturated heterocycles. The molecule has 2 aromatic carbocycles. The number of benzene rings is 2. The van der Waals surface area contributed by atoms with Gasteiger partial charge in [-0.25, -0.2) is 4.98 Å². The van der Waals surface area contributed by atoms with Crippen molar-refractivity contribution >= 4 is 10.9 Å². The van der Waals surface area contributed by atoms with E-state index in [9.17, 15) is 5.11 Å². The molecule has 0 aliphatic heterocycles. The average molecular weight is 348 g/mol. The number of nitrogens with zero attached hydrogens (tertiary/aromatic N) is 2. The van der Waals surface area contributed by atoms with Gasteiger partial charge in [0, 0.05) is 29.1 Å². The highest BCUT2D eigenvalue weighted by Gasteiger charge is 2.18. The molecule has 0 saturated carbocycles. The van der Waals surface area contributed by atoms with E-state index in [2.05, 4.69) is 56.9 Å². The Morgan fingerprint density at radius 1 is 1.04 bits per heavy atom. The van der Waals surface area contributed by atoms with Crippen LogP contribution >= 0.6 is 0 Å². The van der Waals surface area contributed by atoms with E-state index >= 15 is 0 Å². The van der Waals surface area contributed by atoms with E-state index < -0.39 is 6.10 Å². The quantitative estimate of drug-likeness (QED) is 0.683. The van der Waals surface area contributed by atoms with Crippen molar-refractivity contribution in [2.24, 2.45) is 0 Å². The van der Waals surface area contributed by atoms with Crippen LogP contribution < -0.4 is 0 Å². The van der Waals surface area contributed by atoms with Crippen LogP contribution in [0.5, 0.6) is 0 Å². The summed E-state index contributed by atoms with van der Waals surface area (Å²) in [4.78, 5) is 7.24. The maximum atomic E-state index is 10.9. The van der Waals surface area contributed by atoms with Crippen molar-refractivity contribution < 1.29 is 5.11 Å². The maximum Gasteiger partial charge on any atom is 0.0938 e. The molecule has 1 aromatic heterocycles. The van der Waals surface area contributed by atoms with Crippen LogP contribution in [0.3, 0.4) is 0 Å². The van der Waals surface area contributed by atoms with Gasteiger partial charge >= 0.3 is 0 Å². The van der Waals surface area contributed by atoms with Gasteiger partial charge in [0.25, 0.3) is 0 Å². The number of para-hydroxylation sites is 1. The van der Waals surface area contributed by atoms with Crippen molar-refractivity contribution in [1.82, 2.24) is 9.88 Å². The molecule has 0 aliphatic carbocycles. The predicted molar refractivity (Wildman–Crippen MR) is 109 cm³/mol. The Kier molecular flexibility index (Phi) is 5.70. The second kappa shape index (κ2) is 7.98. The third kappa shape index (κ3) is 3.79. The van der Waals surface area contributed by atoms with E-state index in [4.69, 9.17) is 4.98 Å². The number of aliphatic hydroxyl groups is 1. The first-order valence-electron chi connectivity index (χ1n) is 9.39. The van der Waals surface area contributed by atoms with Crippen molar-refractivity contribution in [2.45, 2.75) is 39.8 Å². The number of fused-ring (bicyclic) bond motifs is 1. The number of aromatic nitrogens is 1. The predicted octanol–water partition coefficient (Wildman–Crippen LogP) is 4.97. The molecule has 1 unspecified atom stereocenters. The number of rotatable bonds is 6. The molecule has 0 aliphatic rings. The van der Waals surface area contributed by atoms with E-state index in [0.29, 0.717) is 12.6 Å². The maximum absolute atomic E-state index is 10.9. The fourth-order valence-electron chi connectivity index (χ4n) is 3.51. The van der Waals surface area contributed by atoms with Gasteiger partial charge in [-0.15, -0.1) is 0 Å². The number of pyridine rings is 1. The molecule has 0 fully saturated rings. The highest BCUT2D eigenvalue weighted by molar-refractivity contribution is 5.86. The zero-order chi connectivity index (χ0) is 18.7. The van der Waals surface area contributed by atoms with Crippen LogP contribution in [0, 0.1) is 6.92 Å². The summed E-state index contributed by atoms with van der Waals surface area (Å²) in [6.07, 6.45) is -0.556. The molecule has 1 atom stereocenters. The Bertz CT molecular complexity index is 874. The standard InChI is InChI=1S/C23H28N2O/c1-5-25(16(2)3)15-21(26)20-13-9-12-19-14-17(4)22(24-23(19)20)18-10-7-6-8-11-18/h6-14,16,21,26H,5,15H2,1-4H3. The second-order valence-corrected chi connectivity index (χ2v) is 7.14. The van der Waals surface area contributed by atoms with Crippen LogP contribution in [-0.4, -0.2) is 34.1 Å². The van der Waals surface area contributed by atoms with E-state index in [1.165, 1.54) is 0 Å². The zero-order valence-corrected chi connectivity index (χ0v) is 16.1. The summed E-state index contributed by atoms with van der Waals surface area (Å²) in [5.41, 5.74) is 5.03. The minimum Gasteiger partial charge on any atom is -0.387 e. The lowest BCUT2D eigenvalue weighted by Crippen LogP contribution is -2.34. The molecule has 1 N–H and O–H groups in total. The molecule has 0 amide bonds. The summed E-state index contributed by atoms with van der Waals surface area (Å²) in [6.45, 7) is 10.1. The molecule has 1 heterocycles. The highest BCUT2D eigenvalue weighted by Crippen LogP contribution is 2.29. The third-order valence-electron chi connectivity index (χ3n) is 5.02. The first-order valence-corrected chi connectivity index (χ1v) is 9.39.